The summed E-state index contributed by atoms with van der Waals surface area (Å²) in [6.07, 6.45) is 6.25. The molecule has 2 saturated heterocycles. The molecular weight excluding hydrogens is 550 g/mol. The lowest BCUT2D eigenvalue weighted by molar-refractivity contribution is 0.0733. The first-order valence-electron chi connectivity index (χ1n) is 14.5. The van der Waals surface area contributed by atoms with Gasteiger partial charge in [0.2, 0.25) is 5.89 Å². The molecule has 2 fully saturated rings. The fourth-order valence-electron chi connectivity index (χ4n) is 5.99. The molecule has 0 spiro atoms. The molecule has 6 rings (SSSR count). The van der Waals surface area contributed by atoms with Crippen LogP contribution >= 0.6 is 11.3 Å². The molecule has 10 heteroatoms. The number of aliphatic hydroxyl groups is 1. The van der Waals surface area contributed by atoms with Crippen LogP contribution in [0.1, 0.15) is 68.7 Å². The number of likely N-dealkylation sites (tertiary alicyclic amines) is 1. The highest BCUT2D eigenvalue weighted by Crippen LogP contribution is 2.35. The van der Waals surface area contributed by atoms with Gasteiger partial charge < -0.3 is 25.1 Å². The van der Waals surface area contributed by atoms with E-state index in [2.05, 4.69) is 20.6 Å². The van der Waals surface area contributed by atoms with E-state index in [1.165, 1.54) is 12.5 Å². The van der Waals surface area contributed by atoms with E-state index in [0.29, 0.717) is 35.5 Å². The van der Waals surface area contributed by atoms with E-state index in [1.807, 2.05) is 47.5 Å². The Labute approximate surface area is 249 Å². The highest BCUT2D eigenvalue weighted by molar-refractivity contribution is 7.09. The Morgan fingerprint density at radius 2 is 2.00 bits per heavy atom. The first-order valence-corrected chi connectivity index (χ1v) is 15.4. The van der Waals surface area contributed by atoms with E-state index in [1.54, 1.807) is 29.5 Å². The molecule has 218 valence electrons. The van der Waals surface area contributed by atoms with E-state index in [-0.39, 0.29) is 23.9 Å². The molecule has 42 heavy (non-hydrogen) atoms. The zero-order valence-electron chi connectivity index (χ0n) is 23.5. The van der Waals surface area contributed by atoms with E-state index in [4.69, 9.17) is 4.42 Å². The Morgan fingerprint density at radius 3 is 2.71 bits per heavy atom. The summed E-state index contributed by atoms with van der Waals surface area (Å²) in [4.78, 5) is 38.6. The number of thiazole rings is 1. The predicted molar refractivity (Wildman–Crippen MR) is 160 cm³/mol. The predicted octanol–water partition coefficient (Wildman–Crippen LogP) is 4.54. The first kappa shape index (κ1) is 28.3. The van der Waals surface area contributed by atoms with Gasteiger partial charge >= 0.3 is 0 Å². The molecule has 4 aromatic rings. The van der Waals surface area contributed by atoms with E-state index < -0.39 is 12.1 Å². The monoisotopic (exact) mass is 585 g/mol. The number of benzene rings is 2. The van der Waals surface area contributed by atoms with Crippen LogP contribution in [0.15, 0.2) is 70.8 Å². The zero-order chi connectivity index (χ0) is 29.1. The Morgan fingerprint density at radius 1 is 1.17 bits per heavy atom. The Balaban J connectivity index is 1.30. The fraction of sp³-hybridized carbons (Fsp3) is 0.375. The molecule has 4 heterocycles. The molecule has 0 aliphatic carbocycles. The van der Waals surface area contributed by atoms with Crippen LogP contribution in [-0.2, 0) is 6.42 Å². The average Bonchev–Trinajstić information content (AvgIpc) is 3.84. The maximum Gasteiger partial charge on any atom is 0.254 e. The minimum Gasteiger partial charge on any atom is -0.445 e. The summed E-state index contributed by atoms with van der Waals surface area (Å²) in [6.45, 7) is 3.42. The Hall–Kier alpha value is -3.86. The summed E-state index contributed by atoms with van der Waals surface area (Å²) >= 11 is 1.57. The molecule has 4 atom stereocenters. The van der Waals surface area contributed by atoms with Crippen LogP contribution in [0.2, 0.25) is 0 Å². The quantitative estimate of drug-likeness (QED) is 0.264. The van der Waals surface area contributed by atoms with Gasteiger partial charge in [-0.3, -0.25) is 9.59 Å². The number of hydrogen-bond donors (Lipinski definition) is 3. The van der Waals surface area contributed by atoms with Crippen LogP contribution in [0.4, 0.5) is 0 Å². The summed E-state index contributed by atoms with van der Waals surface area (Å²) in [7, 11) is 0. The second-order valence-electron chi connectivity index (χ2n) is 11.1. The van der Waals surface area contributed by atoms with Gasteiger partial charge in [0.15, 0.2) is 0 Å². The lowest BCUT2D eigenvalue weighted by atomic mass is 9.95. The third-order valence-corrected chi connectivity index (χ3v) is 9.16. The molecular formula is C32H35N5O4S. The number of aryl methyl sites for hydroxylation is 1. The van der Waals surface area contributed by atoms with Crippen LogP contribution < -0.4 is 10.6 Å². The molecule has 9 nitrogen and oxygen atoms in total. The van der Waals surface area contributed by atoms with Gasteiger partial charge in [-0.2, -0.15) is 0 Å². The van der Waals surface area contributed by atoms with Crippen molar-refractivity contribution >= 4 is 23.2 Å². The van der Waals surface area contributed by atoms with Crippen LogP contribution in [0, 0.1) is 6.92 Å². The van der Waals surface area contributed by atoms with Gasteiger partial charge in [-0.05, 0) is 69.3 Å². The van der Waals surface area contributed by atoms with Crippen molar-refractivity contribution in [3.8, 4) is 11.5 Å². The molecule has 0 bridgehead atoms. The van der Waals surface area contributed by atoms with Gasteiger partial charge in [0.1, 0.15) is 11.3 Å². The largest absolute Gasteiger partial charge is 0.445 e. The van der Waals surface area contributed by atoms with Crippen molar-refractivity contribution in [1.82, 2.24) is 25.5 Å². The summed E-state index contributed by atoms with van der Waals surface area (Å²) < 4.78 is 5.55. The number of hydrogen-bond acceptors (Lipinski definition) is 8. The van der Waals surface area contributed by atoms with Gasteiger partial charge in [0, 0.05) is 40.4 Å². The van der Waals surface area contributed by atoms with Crippen molar-refractivity contribution in [3.05, 3.63) is 93.8 Å². The van der Waals surface area contributed by atoms with Crippen molar-refractivity contribution in [3.63, 3.8) is 0 Å². The minimum atomic E-state index is -0.778. The fourth-order valence-corrected chi connectivity index (χ4v) is 6.93. The molecule has 2 aliphatic rings. The molecule has 2 amide bonds. The Kier molecular flexibility index (Phi) is 8.46. The highest BCUT2D eigenvalue weighted by atomic mass is 32.1. The van der Waals surface area contributed by atoms with Gasteiger partial charge in [0.25, 0.3) is 11.8 Å². The van der Waals surface area contributed by atoms with E-state index >= 15 is 0 Å². The van der Waals surface area contributed by atoms with Crippen molar-refractivity contribution in [2.24, 2.45) is 0 Å². The number of nitrogens with zero attached hydrogens (tertiary/aromatic N) is 3. The molecule has 2 aromatic heterocycles. The summed E-state index contributed by atoms with van der Waals surface area (Å²) in [5.74, 6) is -0.212. The average molecular weight is 586 g/mol. The third kappa shape index (κ3) is 6.16. The SMILES string of the molecule is Cc1csc([C@H]2CCCN2C(=O)c2cc(C(=O)N[C@@H](Cc3ccccc3)[C@H](O)[C@H]3CCCN3)cc(-c3ncco3)c2)n1. The van der Waals surface area contributed by atoms with Crippen LogP contribution in [0.3, 0.4) is 0 Å². The molecule has 2 aliphatic heterocycles. The summed E-state index contributed by atoms with van der Waals surface area (Å²) in [6, 6.07) is 14.1. The second kappa shape index (κ2) is 12.6. The first-order chi connectivity index (χ1) is 20.5. The number of carbonyl (C=O) groups is 2. The molecule has 0 radical (unpaired) electrons. The number of rotatable bonds is 9. The van der Waals surface area contributed by atoms with Crippen molar-refractivity contribution < 1.29 is 19.1 Å². The number of nitrogens with one attached hydrogen (secondary N) is 2. The van der Waals surface area contributed by atoms with Crippen molar-refractivity contribution in [1.29, 1.82) is 0 Å². The van der Waals surface area contributed by atoms with Crippen LogP contribution in [-0.4, -0.2) is 63.1 Å². The Bertz CT molecular complexity index is 1520. The topological polar surface area (TPSA) is 121 Å². The van der Waals surface area contributed by atoms with Gasteiger partial charge in [-0.1, -0.05) is 30.3 Å². The second-order valence-corrected chi connectivity index (χ2v) is 12.0. The zero-order valence-corrected chi connectivity index (χ0v) is 24.3. The summed E-state index contributed by atoms with van der Waals surface area (Å²) in [5, 5.41) is 20.7. The maximum absolute atomic E-state index is 14.0. The highest BCUT2D eigenvalue weighted by Gasteiger charge is 2.34. The minimum absolute atomic E-state index is 0.0943. The number of carbonyl (C=O) groups excluding carboxylic acids is 2. The number of aromatic nitrogens is 2. The molecule has 0 unspecified atom stereocenters. The molecule has 3 N–H and O–H groups in total. The van der Waals surface area contributed by atoms with E-state index in [0.717, 1.165) is 48.5 Å². The molecule has 2 aromatic carbocycles. The van der Waals surface area contributed by atoms with Gasteiger partial charge in [-0.25, -0.2) is 9.97 Å². The van der Waals surface area contributed by atoms with Crippen LogP contribution in [0.5, 0.6) is 0 Å². The van der Waals surface area contributed by atoms with Crippen molar-refractivity contribution in [2.75, 3.05) is 13.1 Å². The maximum atomic E-state index is 14.0. The van der Waals surface area contributed by atoms with Crippen molar-refractivity contribution in [2.45, 2.75) is 63.3 Å². The third-order valence-electron chi connectivity index (χ3n) is 8.09. The normalized spacial score (nSPS) is 20.0. The lowest BCUT2D eigenvalue weighted by Gasteiger charge is -2.29. The number of aliphatic hydroxyl groups excluding tert-OH is 1. The summed E-state index contributed by atoms with van der Waals surface area (Å²) in [5.41, 5.74) is 3.18. The van der Waals surface area contributed by atoms with Crippen LogP contribution in [0.25, 0.3) is 11.5 Å². The molecule has 0 saturated carbocycles. The number of oxazole rings is 1. The standard InChI is InChI=1S/C32H35N5O4S/c1-20-19-42-31(35-20)27-10-6-13-37(27)32(40)24-17-22(16-23(18-24)30-34-12-14-41-30)29(39)36-26(15-21-7-3-2-4-8-21)28(38)25-9-5-11-33-25/h2-4,7-8,12,14,16-19,25-28,33,38H,5-6,9-11,13,15H2,1H3,(H,36,39)/t25-,26+,27-,28-/m1/s1. The van der Waals surface area contributed by atoms with Gasteiger partial charge in [-0.15, -0.1) is 11.3 Å². The van der Waals surface area contributed by atoms with E-state index in [9.17, 15) is 14.7 Å². The lowest BCUT2D eigenvalue weighted by Crippen LogP contribution is -2.52. The van der Waals surface area contributed by atoms with Gasteiger partial charge in [0.05, 0.1) is 24.4 Å². The smallest absolute Gasteiger partial charge is 0.254 e. The number of amides is 2.